The summed E-state index contributed by atoms with van der Waals surface area (Å²) < 4.78 is 0. The first kappa shape index (κ1) is 18.2. The molecule has 136 valence electrons. The Bertz CT molecular complexity index is 976. The Hall–Kier alpha value is -3.16. The highest BCUT2D eigenvalue weighted by atomic mass is 35.5. The minimum Gasteiger partial charge on any atom is -0.276 e. The molecule has 0 fully saturated rings. The van der Waals surface area contributed by atoms with E-state index in [-0.39, 0.29) is 0 Å². The van der Waals surface area contributed by atoms with Crippen molar-refractivity contribution >= 4 is 16.8 Å². The molecule has 0 aromatic heterocycles. The van der Waals surface area contributed by atoms with Crippen molar-refractivity contribution in [1.29, 1.82) is 0 Å². The molecule has 4 aromatic rings. The lowest BCUT2D eigenvalue weighted by atomic mass is 9.64. The van der Waals surface area contributed by atoms with E-state index in [4.69, 9.17) is 11.6 Å². The van der Waals surface area contributed by atoms with Crippen molar-refractivity contribution in [3.8, 4) is 0 Å². The smallest absolute Gasteiger partial charge is 0.252 e. The maximum Gasteiger partial charge on any atom is 0.252 e. The van der Waals surface area contributed by atoms with Crippen molar-refractivity contribution in [3.63, 3.8) is 0 Å². The maximum absolute atomic E-state index is 12.4. The van der Waals surface area contributed by atoms with Crippen LogP contribution < -0.4 is 0 Å². The van der Waals surface area contributed by atoms with Gasteiger partial charge in [-0.2, -0.15) is 0 Å². The lowest BCUT2D eigenvalue weighted by Gasteiger charge is -2.37. The molecule has 0 amide bonds. The maximum atomic E-state index is 12.4. The van der Waals surface area contributed by atoms with E-state index in [1.807, 2.05) is 72.8 Å². The van der Waals surface area contributed by atoms with Gasteiger partial charge in [0.15, 0.2) is 0 Å². The highest BCUT2D eigenvalue weighted by Gasteiger charge is 2.40. The van der Waals surface area contributed by atoms with Crippen molar-refractivity contribution in [1.82, 2.24) is 0 Å². The monoisotopic (exact) mass is 382 g/mol. The molecule has 0 saturated carbocycles. The van der Waals surface area contributed by atoms with Crippen molar-refractivity contribution in [2.75, 3.05) is 0 Å². The molecule has 1 nitrogen and oxygen atoms in total. The average molecular weight is 383 g/mol. The third kappa shape index (κ3) is 3.04. The quantitative estimate of drug-likeness (QED) is 0.286. The highest BCUT2D eigenvalue weighted by Crippen LogP contribution is 2.46. The standard InChI is InChI=1S/C26H19ClO/c27-25(28)23-18-10-11-19-24(23)26(20-12-4-1-5-13-20,21-14-6-2-7-15-21)22-16-8-3-9-17-22/h1-19H. The van der Waals surface area contributed by atoms with Crippen LogP contribution in [-0.4, -0.2) is 5.24 Å². The zero-order valence-corrected chi connectivity index (χ0v) is 16.0. The van der Waals surface area contributed by atoms with Gasteiger partial charge in [0.1, 0.15) is 0 Å². The lowest BCUT2D eigenvalue weighted by Crippen LogP contribution is -2.32. The van der Waals surface area contributed by atoms with E-state index < -0.39 is 10.7 Å². The van der Waals surface area contributed by atoms with Crippen LogP contribution in [0.2, 0.25) is 0 Å². The summed E-state index contributed by atoms with van der Waals surface area (Å²) >= 11 is 6.04. The van der Waals surface area contributed by atoms with Crippen LogP contribution in [0.25, 0.3) is 0 Å². The molecule has 0 aliphatic heterocycles. The van der Waals surface area contributed by atoms with Crippen LogP contribution in [0.4, 0.5) is 0 Å². The Kier molecular flexibility index (Phi) is 5.10. The second-order valence-corrected chi connectivity index (χ2v) is 7.01. The minimum absolute atomic E-state index is 0.456. The number of rotatable bonds is 5. The van der Waals surface area contributed by atoms with Crippen LogP contribution in [0, 0.1) is 0 Å². The van der Waals surface area contributed by atoms with Crippen molar-refractivity contribution in [2.24, 2.45) is 0 Å². The van der Waals surface area contributed by atoms with Crippen LogP contribution in [0.15, 0.2) is 115 Å². The lowest BCUT2D eigenvalue weighted by molar-refractivity contribution is 0.108. The number of hydrogen-bond acceptors (Lipinski definition) is 1. The van der Waals surface area contributed by atoms with Gasteiger partial charge < -0.3 is 0 Å². The first-order valence-electron chi connectivity index (χ1n) is 9.20. The van der Waals surface area contributed by atoms with Crippen molar-refractivity contribution in [3.05, 3.63) is 143 Å². The summed E-state index contributed by atoms with van der Waals surface area (Å²) in [5.41, 5.74) is 3.97. The Balaban J connectivity index is 2.19. The molecule has 0 bridgehead atoms. The van der Waals surface area contributed by atoms with E-state index in [9.17, 15) is 4.79 Å². The van der Waals surface area contributed by atoms with Crippen LogP contribution in [0.1, 0.15) is 32.6 Å². The molecule has 0 spiro atoms. The molecule has 0 unspecified atom stereocenters. The second kappa shape index (κ2) is 7.84. The van der Waals surface area contributed by atoms with Crippen LogP contribution in [0.3, 0.4) is 0 Å². The minimum atomic E-state index is -0.662. The van der Waals surface area contributed by atoms with E-state index >= 15 is 0 Å². The summed E-state index contributed by atoms with van der Waals surface area (Å²) in [6, 6.07) is 38.4. The average Bonchev–Trinajstić information content (AvgIpc) is 2.77. The first-order chi connectivity index (χ1) is 13.7. The predicted octanol–water partition coefficient (Wildman–Crippen LogP) is 6.45. The van der Waals surface area contributed by atoms with E-state index in [1.54, 1.807) is 6.07 Å². The summed E-state index contributed by atoms with van der Waals surface area (Å²) in [5.74, 6) is 0. The molecule has 28 heavy (non-hydrogen) atoms. The Morgan fingerprint density at radius 1 is 0.536 bits per heavy atom. The van der Waals surface area contributed by atoms with Crippen LogP contribution >= 0.6 is 11.6 Å². The van der Waals surface area contributed by atoms with Gasteiger partial charge in [0.05, 0.1) is 5.41 Å². The molecule has 0 saturated heterocycles. The molecule has 0 N–H and O–H groups in total. The molecule has 4 rings (SSSR count). The van der Waals surface area contributed by atoms with E-state index in [0.29, 0.717) is 5.56 Å². The zero-order valence-electron chi connectivity index (χ0n) is 15.3. The molecule has 0 aliphatic rings. The van der Waals surface area contributed by atoms with Gasteiger partial charge in [-0.1, -0.05) is 109 Å². The molecular formula is C26H19ClO. The first-order valence-corrected chi connectivity index (χ1v) is 9.58. The molecule has 0 aliphatic carbocycles. The Morgan fingerprint density at radius 3 is 1.29 bits per heavy atom. The summed E-state index contributed by atoms with van der Waals surface area (Å²) in [7, 11) is 0. The molecule has 0 atom stereocenters. The summed E-state index contributed by atoms with van der Waals surface area (Å²) in [4.78, 5) is 12.4. The summed E-state index contributed by atoms with van der Waals surface area (Å²) in [5, 5.41) is -0.456. The van der Waals surface area contributed by atoms with E-state index in [2.05, 4.69) is 36.4 Å². The fraction of sp³-hybridized carbons (Fsp3) is 0.0385. The van der Waals surface area contributed by atoms with Crippen LogP contribution in [0.5, 0.6) is 0 Å². The normalized spacial score (nSPS) is 11.2. The Morgan fingerprint density at radius 2 is 0.893 bits per heavy atom. The molecular weight excluding hydrogens is 364 g/mol. The second-order valence-electron chi connectivity index (χ2n) is 6.67. The van der Waals surface area contributed by atoms with E-state index in [1.165, 1.54) is 0 Å². The third-order valence-corrected chi connectivity index (χ3v) is 5.37. The Labute approximate surface area is 170 Å². The van der Waals surface area contributed by atoms with Gasteiger partial charge in [-0.3, -0.25) is 4.79 Å². The predicted molar refractivity (Wildman–Crippen MR) is 115 cm³/mol. The topological polar surface area (TPSA) is 17.1 Å². The van der Waals surface area contributed by atoms with Crippen LogP contribution in [-0.2, 0) is 5.41 Å². The van der Waals surface area contributed by atoms with Gasteiger partial charge in [0.25, 0.3) is 5.24 Å². The third-order valence-electron chi connectivity index (χ3n) is 5.16. The summed E-state index contributed by atoms with van der Waals surface area (Å²) in [6.45, 7) is 0. The number of halogens is 1. The zero-order chi connectivity index (χ0) is 19.4. The van der Waals surface area contributed by atoms with E-state index in [0.717, 1.165) is 22.3 Å². The van der Waals surface area contributed by atoms with Gasteiger partial charge in [-0.15, -0.1) is 0 Å². The van der Waals surface area contributed by atoms with Crippen molar-refractivity contribution < 1.29 is 4.79 Å². The number of carbonyl (C=O) groups excluding carboxylic acids is 1. The van der Waals surface area contributed by atoms with Gasteiger partial charge >= 0.3 is 0 Å². The fourth-order valence-corrected chi connectivity index (χ4v) is 4.18. The molecule has 2 heteroatoms. The van der Waals surface area contributed by atoms with Gasteiger partial charge in [0.2, 0.25) is 0 Å². The van der Waals surface area contributed by atoms with Gasteiger partial charge in [-0.05, 0) is 39.9 Å². The number of carbonyl (C=O) groups is 1. The fourth-order valence-electron chi connectivity index (χ4n) is 4.01. The van der Waals surface area contributed by atoms with Gasteiger partial charge in [0, 0.05) is 5.56 Å². The molecule has 0 radical (unpaired) electrons. The van der Waals surface area contributed by atoms with Gasteiger partial charge in [-0.25, -0.2) is 0 Å². The van der Waals surface area contributed by atoms with Crippen molar-refractivity contribution in [2.45, 2.75) is 5.41 Å². The number of benzene rings is 4. The largest absolute Gasteiger partial charge is 0.276 e. The molecule has 0 heterocycles. The molecule has 4 aromatic carbocycles. The summed E-state index contributed by atoms with van der Waals surface area (Å²) in [6.07, 6.45) is 0. The highest BCUT2D eigenvalue weighted by molar-refractivity contribution is 6.68. The number of hydrogen-bond donors (Lipinski definition) is 0. The SMILES string of the molecule is O=C(Cl)c1ccccc1C(c1ccccc1)(c1ccccc1)c1ccccc1.